The highest BCUT2D eigenvalue weighted by atomic mass is 16.1. The largest absolute Gasteiger partial charge is 0.367 e. The number of aryl methyl sites for hydroxylation is 1. The van der Waals surface area contributed by atoms with Crippen LogP contribution in [0.15, 0.2) is 67.0 Å². The predicted molar refractivity (Wildman–Crippen MR) is 144 cm³/mol. The van der Waals surface area contributed by atoms with Crippen molar-refractivity contribution in [3.63, 3.8) is 0 Å². The van der Waals surface area contributed by atoms with Crippen LogP contribution in [-0.4, -0.2) is 32.9 Å². The fraction of sp³-hybridized carbons (Fsp3) is 0.300. The van der Waals surface area contributed by atoms with Gasteiger partial charge in [-0.15, -0.1) is 0 Å². The van der Waals surface area contributed by atoms with E-state index in [1.54, 1.807) is 0 Å². The summed E-state index contributed by atoms with van der Waals surface area (Å²) in [6, 6.07) is 18.4. The minimum absolute atomic E-state index is 0.0142. The highest BCUT2D eigenvalue weighted by molar-refractivity contribution is 5.95. The molecule has 1 amide bonds. The fourth-order valence-electron chi connectivity index (χ4n) is 3.97. The van der Waals surface area contributed by atoms with E-state index in [2.05, 4.69) is 65.6 Å². The number of imidazole rings is 1. The van der Waals surface area contributed by atoms with E-state index in [-0.39, 0.29) is 5.91 Å². The first-order valence-corrected chi connectivity index (χ1v) is 12.6. The third-order valence-electron chi connectivity index (χ3n) is 6.12. The Morgan fingerprint density at radius 3 is 2.61 bits per heavy atom. The second-order valence-electron chi connectivity index (χ2n) is 9.70. The van der Waals surface area contributed by atoms with Crippen molar-refractivity contribution >= 4 is 17.4 Å². The predicted octanol–water partition coefficient (Wildman–Crippen LogP) is 5.34. The zero-order chi connectivity index (χ0) is 24.9. The van der Waals surface area contributed by atoms with Crippen LogP contribution < -0.4 is 10.6 Å². The van der Waals surface area contributed by atoms with E-state index in [0.29, 0.717) is 23.2 Å². The number of carbonyl (C=O) groups excluding carboxylic acids is 1. The normalized spacial score (nSPS) is 12.9. The molecule has 6 heteroatoms. The molecule has 2 heterocycles. The van der Waals surface area contributed by atoms with Gasteiger partial charge in [-0.05, 0) is 48.8 Å². The van der Waals surface area contributed by atoms with Crippen molar-refractivity contribution in [3.8, 4) is 23.1 Å². The number of carbonyl (C=O) groups is 1. The van der Waals surface area contributed by atoms with Gasteiger partial charge in [-0.1, -0.05) is 62.2 Å². The summed E-state index contributed by atoms with van der Waals surface area (Å²) in [6.07, 6.45) is 7.62. The summed E-state index contributed by atoms with van der Waals surface area (Å²) in [5.74, 6) is 7.71. The molecule has 2 aromatic heterocycles. The minimum Gasteiger partial charge on any atom is -0.367 e. The Morgan fingerprint density at radius 1 is 1.11 bits per heavy atom. The summed E-state index contributed by atoms with van der Waals surface area (Å²) in [4.78, 5) is 21.8. The second kappa shape index (κ2) is 10.7. The Hall–Kier alpha value is -4.11. The first kappa shape index (κ1) is 23.6. The van der Waals surface area contributed by atoms with Crippen LogP contribution in [0.25, 0.3) is 16.9 Å². The molecule has 1 saturated carbocycles. The molecule has 182 valence electrons. The van der Waals surface area contributed by atoms with Gasteiger partial charge in [-0.25, -0.2) is 9.97 Å². The van der Waals surface area contributed by atoms with E-state index < -0.39 is 0 Å². The van der Waals surface area contributed by atoms with E-state index in [1.165, 1.54) is 5.56 Å². The molecule has 6 nitrogen and oxygen atoms in total. The number of anilines is 1. The molecule has 4 aromatic rings. The lowest BCUT2D eigenvalue weighted by molar-refractivity contribution is 0.0951. The van der Waals surface area contributed by atoms with Crippen LogP contribution in [0.4, 0.5) is 5.82 Å². The third-order valence-corrected chi connectivity index (χ3v) is 6.12. The molecule has 1 aliphatic rings. The molecule has 2 aromatic carbocycles. The molecule has 0 aliphatic heterocycles. The average Bonchev–Trinajstić information content (AvgIpc) is 3.61. The average molecular weight is 478 g/mol. The summed E-state index contributed by atoms with van der Waals surface area (Å²) < 4.78 is 2.04. The van der Waals surface area contributed by atoms with Gasteiger partial charge in [0, 0.05) is 36.3 Å². The van der Waals surface area contributed by atoms with Gasteiger partial charge in [-0.3, -0.25) is 9.20 Å². The van der Waals surface area contributed by atoms with E-state index in [1.807, 2.05) is 47.1 Å². The lowest BCUT2D eigenvalue weighted by Crippen LogP contribution is -2.25. The summed E-state index contributed by atoms with van der Waals surface area (Å²) in [6.45, 7) is 5.12. The fourth-order valence-corrected chi connectivity index (χ4v) is 3.97. The van der Waals surface area contributed by atoms with Gasteiger partial charge < -0.3 is 10.6 Å². The molecule has 36 heavy (non-hydrogen) atoms. The molecule has 0 bridgehead atoms. The van der Waals surface area contributed by atoms with Crippen molar-refractivity contribution in [3.05, 3.63) is 83.8 Å². The molecule has 1 aliphatic carbocycles. The van der Waals surface area contributed by atoms with Gasteiger partial charge in [0.1, 0.15) is 5.69 Å². The number of fused-ring (bicyclic) bond motifs is 1. The molecular weight excluding hydrogens is 446 g/mol. The third kappa shape index (κ3) is 5.75. The Morgan fingerprint density at radius 2 is 1.89 bits per heavy atom. The Labute approximate surface area is 212 Å². The molecule has 0 unspecified atom stereocenters. The van der Waals surface area contributed by atoms with Crippen molar-refractivity contribution < 1.29 is 4.79 Å². The second-order valence-corrected chi connectivity index (χ2v) is 9.70. The van der Waals surface area contributed by atoms with Gasteiger partial charge >= 0.3 is 0 Å². The van der Waals surface area contributed by atoms with Crippen LogP contribution in [0, 0.1) is 17.8 Å². The lowest BCUT2D eigenvalue weighted by Gasteiger charge is -2.11. The van der Waals surface area contributed by atoms with Crippen molar-refractivity contribution in [1.82, 2.24) is 19.7 Å². The number of rotatable bonds is 8. The molecule has 2 N–H and O–H groups in total. The van der Waals surface area contributed by atoms with Crippen molar-refractivity contribution in [1.29, 1.82) is 0 Å². The number of benzene rings is 2. The van der Waals surface area contributed by atoms with Gasteiger partial charge in [0.15, 0.2) is 11.5 Å². The van der Waals surface area contributed by atoms with Crippen LogP contribution in [-0.2, 0) is 6.42 Å². The molecule has 5 rings (SSSR count). The minimum atomic E-state index is -0.0142. The van der Waals surface area contributed by atoms with Crippen LogP contribution >= 0.6 is 0 Å². The van der Waals surface area contributed by atoms with E-state index >= 15 is 0 Å². The quantitative estimate of drug-likeness (QED) is 0.336. The smallest absolute Gasteiger partial charge is 0.251 e. The first-order valence-electron chi connectivity index (χ1n) is 12.6. The topological polar surface area (TPSA) is 71.3 Å². The number of hydrogen-bond donors (Lipinski definition) is 2. The monoisotopic (exact) mass is 477 g/mol. The van der Waals surface area contributed by atoms with Gasteiger partial charge in [-0.2, -0.15) is 0 Å². The lowest BCUT2D eigenvalue weighted by atomic mass is 10.1. The van der Waals surface area contributed by atoms with E-state index in [0.717, 1.165) is 55.0 Å². The number of nitrogens with zero attached hydrogens (tertiary/aromatic N) is 3. The number of hydrogen-bond acceptors (Lipinski definition) is 4. The van der Waals surface area contributed by atoms with Gasteiger partial charge in [0.25, 0.3) is 5.91 Å². The molecule has 0 radical (unpaired) electrons. The number of aromatic nitrogens is 3. The van der Waals surface area contributed by atoms with Crippen LogP contribution in [0.1, 0.15) is 54.7 Å². The Balaban J connectivity index is 1.42. The van der Waals surface area contributed by atoms with Crippen LogP contribution in [0.3, 0.4) is 0 Å². The Kier molecular flexibility index (Phi) is 6.99. The van der Waals surface area contributed by atoms with Crippen molar-refractivity contribution in [2.24, 2.45) is 5.92 Å². The molecule has 1 fully saturated rings. The Bertz CT molecular complexity index is 1410. The molecule has 0 atom stereocenters. The first-order chi connectivity index (χ1) is 17.6. The standard InChI is InChI=1S/C30H31N5O/c1-21(2)18-31-28-29-32-19-27(23-12-14-24(15-13-23)30(36)34-25-16-17-25)35(29)20-26(33-28)11-7-6-10-22-8-4-3-5-9-22/h3-5,8-9,12-15,19-21,25H,6,10,16-18H2,1-2H3,(H,31,33)(H,34,36). The van der Waals surface area contributed by atoms with Gasteiger partial charge in [0.05, 0.1) is 11.9 Å². The summed E-state index contributed by atoms with van der Waals surface area (Å²) in [5, 5.41) is 6.48. The highest BCUT2D eigenvalue weighted by Gasteiger charge is 2.23. The zero-order valence-electron chi connectivity index (χ0n) is 20.8. The number of nitrogens with one attached hydrogen (secondary N) is 2. The van der Waals surface area contributed by atoms with E-state index in [4.69, 9.17) is 4.98 Å². The van der Waals surface area contributed by atoms with Gasteiger partial charge in [0.2, 0.25) is 0 Å². The van der Waals surface area contributed by atoms with Crippen LogP contribution in [0.5, 0.6) is 0 Å². The maximum atomic E-state index is 12.4. The zero-order valence-corrected chi connectivity index (χ0v) is 20.8. The highest BCUT2D eigenvalue weighted by Crippen LogP contribution is 2.25. The molecule has 0 saturated heterocycles. The van der Waals surface area contributed by atoms with Crippen molar-refractivity contribution in [2.75, 3.05) is 11.9 Å². The number of amides is 1. The summed E-state index contributed by atoms with van der Waals surface area (Å²) in [5.41, 5.74) is 5.32. The van der Waals surface area contributed by atoms with Crippen LogP contribution in [0.2, 0.25) is 0 Å². The van der Waals surface area contributed by atoms with E-state index in [9.17, 15) is 4.79 Å². The SMILES string of the molecule is CC(C)CNc1nc(C#CCCc2ccccc2)cn2c(-c3ccc(C(=O)NC4CC4)cc3)cnc12. The molecule has 0 spiro atoms. The van der Waals surface area contributed by atoms with Crippen molar-refractivity contribution in [2.45, 2.75) is 45.6 Å². The summed E-state index contributed by atoms with van der Waals surface area (Å²) in [7, 11) is 0. The molecular formula is C30H31N5O. The maximum Gasteiger partial charge on any atom is 0.251 e. The maximum absolute atomic E-state index is 12.4. The summed E-state index contributed by atoms with van der Waals surface area (Å²) >= 11 is 0.